The predicted octanol–water partition coefficient (Wildman–Crippen LogP) is 3.93. The molecule has 0 radical (unpaired) electrons. The summed E-state index contributed by atoms with van der Waals surface area (Å²) < 4.78 is 5.10. The Morgan fingerprint density at radius 1 is 1.16 bits per heavy atom. The maximum atomic E-state index is 10.3. The largest absolute Gasteiger partial charge is 0.497 e. The van der Waals surface area contributed by atoms with Crippen LogP contribution in [-0.4, -0.2) is 12.2 Å². The Morgan fingerprint density at radius 3 is 2.42 bits per heavy atom. The van der Waals surface area contributed by atoms with Crippen LogP contribution in [0.15, 0.2) is 42.5 Å². The lowest BCUT2D eigenvalue weighted by Crippen LogP contribution is -2.02. The van der Waals surface area contributed by atoms with Gasteiger partial charge in [-0.15, -0.1) is 0 Å². The summed E-state index contributed by atoms with van der Waals surface area (Å²) in [4.78, 5) is 0. The van der Waals surface area contributed by atoms with Crippen molar-refractivity contribution in [1.82, 2.24) is 0 Å². The number of hydrogen-bond acceptors (Lipinski definition) is 2. The van der Waals surface area contributed by atoms with Gasteiger partial charge in [0, 0.05) is 6.42 Å². The van der Waals surface area contributed by atoms with Crippen molar-refractivity contribution in [3.8, 4) is 5.75 Å². The second-order valence-corrected chi connectivity index (χ2v) is 5.00. The minimum atomic E-state index is -0.610. The smallest absolute Gasteiger partial charge is 0.120 e. The van der Waals surface area contributed by atoms with Crippen molar-refractivity contribution in [3.63, 3.8) is 0 Å². The van der Waals surface area contributed by atoms with E-state index in [0.29, 0.717) is 17.2 Å². The lowest BCUT2D eigenvalue weighted by Gasteiger charge is -2.14. The van der Waals surface area contributed by atoms with Gasteiger partial charge in [-0.1, -0.05) is 47.5 Å². The molecule has 0 amide bonds. The SMILES string of the molecule is COc1ccc(C(O)Cc2ccc(C)cc2)c(Cl)c1. The van der Waals surface area contributed by atoms with Crippen LogP contribution in [0.5, 0.6) is 5.75 Å². The van der Waals surface area contributed by atoms with Gasteiger partial charge in [0.25, 0.3) is 0 Å². The summed E-state index contributed by atoms with van der Waals surface area (Å²) >= 11 is 6.15. The molecule has 2 aromatic rings. The van der Waals surface area contributed by atoms with Gasteiger partial charge in [0.1, 0.15) is 5.75 Å². The first-order valence-electron chi connectivity index (χ1n) is 6.17. The molecule has 100 valence electrons. The zero-order chi connectivity index (χ0) is 13.8. The molecule has 2 aromatic carbocycles. The third-order valence-electron chi connectivity index (χ3n) is 3.12. The molecule has 0 aliphatic heterocycles. The molecule has 1 unspecified atom stereocenters. The Balaban J connectivity index is 2.15. The van der Waals surface area contributed by atoms with Gasteiger partial charge in [-0.3, -0.25) is 0 Å². The van der Waals surface area contributed by atoms with Crippen LogP contribution in [0.2, 0.25) is 5.02 Å². The first-order valence-corrected chi connectivity index (χ1v) is 6.55. The van der Waals surface area contributed by atoms with Crippen molar-refractivity contribution in [2.24, 2.45) is 0 Å². The second kappa shape index (κ2) is 6.09. The number of rotatable bonds is 4. The van der Waals surface area contributed by atoms with Gasteiger partial charge in [0.05, 0.1) is 18.2 Å². The molecule has 0 aliphatic rings. The van der Waals surface area contributed by atoms with E-state index in [1.165, 1.54) is 5.56 Å². The number of aliphatic hydroxyl groups excluding tert-OH is 1. The van der Waals surface area contributed by atoms with E-state index in [4.69, 9.17) is 16.3 Å². The minimum Gasteiger partial charge on any atom is -0.497 e. The highest BCUT2D eigenvalue weighted by Crippen LogP contribution is 2.29. The van der Waals surface area contributed by atoms with E-state index < -0.39 is 6.10 Å². The summed E-state index contributed by atoms with van der Waals surface area (Å²) in [5.41, 5.74) is 3.02. The molecule has 0 aromatic heterocycles. The Hall–Kier alpha value is -1.51. The highest BCUT2D eigenvalue weighted by Gasteiger charge is 2.13. The fourth-order valence-electron chi connectivity index (χ4n) is 1.96. The van der Waals surface area contributed by atoms with Gasteiger partial charge in [0.2, 0.25) is 0 Å². The van der Waals surface area contributed by atoms with E-state index >= 15 is 0 Å². The molecule has 19 heavy (non-hydrogen) atoms. The summed E-state index contributed by atoms with van der Waals surface area (Å²) in [6.45, 7) is 2.04. The Labute approximate surface area is 118 Å². The molecule has 0 saturated carbocycles. The van der Waals surface area contributed by atoms with Crippen LogP contribution in [0.1, 0.15) is 22.8 Å². The van der Waals surface area contributed by atoms with Crippen molar-refractivity contribution in [2.75, 3.05) is 7.11 Å². The van der Waals surface area contributed by atoms with Crippen molar-refractivity contribution in [3.05, 3.63) is 64.2 Å². The van der Waals surface area contributed by atoms with E-state index in [9.17, 15) is 5.11 Å². The minimum absolute atomic E-state index is 0.527. The molecular formula is C16H17ClO2. The standard InChI is InChI=1S/C16H17ClO2/c1-11-3-5-12(6-4-11)9-16(18)14-8-7-13(19-2)10-15(14)17/h3-8,10,16,18H,9H2,1-2H3. The molecule has 0 aliphatic carbocycles. The van der Waals surface area contributed by atoms with Crippen LogP contribution >= 0.6 is 11.6 Å². The summed E-state index contributed by atoms with van der Waals surface area (Å²) in [5, 5.41) is 10.8. The highest BCUT2D eigenvalue weighted by atomic mass is 35.5. The molecule has 0 heterocycles. The third-order valence-corrected chi connectivity index (χ3v) is 3.44. The summed E-state index contributed by atoms with van der Waals surface area (Å²) in [6, 6.07) is 13.5. The first-order chi connectivity index (χ1) is 9.10. The van der Waals surface area contributed by atoms with Gasteiger partial charge >= 0.3 is 0 Å². The fraction of sp³-hybridized carbons (Fsp3) is 0.250. The van der Waals surface area contributed by atoms with E-state index in [2.05, 4.69) is 0 Å². The van der Waals surface area contributed by atoms with Crippen LogP contribution in [0.3, 0.4) is 0 Å². The van der Waals surface area contributed by atoms with E-state index in [0.717, 1.165) is 11.1 Å². The zero-order valence-electron chi connectivity index (χ0n) is 11.1. The number of benzene rings is 2. The van der Waals surface area contributed by atoms with Crippen LogP contribution in [0, 0.1) is 6.92 Å². The molecule has 0 bridgehead atoms. The number of ether oxygens (including phenoxy) is 1. The number of aliphatic hydroxyl groups is 1. The Morgan fingerprint density at radius 2 is 1.84 bits per heavy atom. The summed E-state index contributed by atoms with van der Waals surface area (Å²) in [6.07, 6.45) is -0.0621. The van der Waals surface area contributed by atoms with Crippen molar-refractivity contribution in [2.45, 2.75) is 19.4 Å². The van der Waals surface area contributed by atoms with E-state index in [-0.39, 0.29) is 0 Å². The average Bonchev–Trinajstić information content (AvgIpc) is 2.41. The van der Waals surface area contributed by atoms with Gasteiger partial charge in [-0.2, -0.15) is 0 Å². The van der Waals surface area contributed by atoms with E-state index in [1.807, 2.05) is 31.2 Å². The van der Waals surface area contributed by atoms with Gasteiger partial charge in [-0.25, -0.2) is 0 Å². The van der Waals surface area contributed by atoms with Crippen molar-refractivity contribution >= 4 is 11.6 Å². The average molecular weight is 277 g/mol. The number of hydrogen-bond donors (Lipinski definition) is 1. The van der Waals surface area contributed by atoms with E-state index in [1.54, 1.807) is 25.3 Å². The number of halogens is 1. The summed E-state index contributed by atoms with van der Waals surface area (Å²) in [7, 11) is 1.59. The zero-order valence-corrected chi connectivity index (χ0v) is 11.8. The van der Waals surface area contributed by atoms with Crippen LogP contribution in [0.25, 0.3) is 0 Å². The second-order valence-electron chi connectivity index (χ2n) is 4.59. The van der Waals surface area contributed by atoms with Gasteiger partial charge in [0.15, 0.2) is 0 Å². The lowest BCUT2D eigenvalue weighted by molar-refractivity contribution is 0.178. The molecule has 0 spiro atoms. The van der Waals surface area contributed by atoms with Crippen molar-refractivity contribution < 1.29 is 9.84 Å². The fourth-order valence-corrected chi connectivity index (χ4v) is 2.26. The van der Waals surface area contributed by atoms with Crippen LogP contribution in [0.4, 0.5) is 0 Å². The first kappa shape index (κ1) is 13.9. The number of aryl methyl sites for hydroxylation is 1. The molecule has 0 fully saturated rings. The maximum Gasteiger partial charge on any atom is 0.120 e. The van der Waals surface area contributed by atoms with Gasteiger partial charge < -0.3 is 9.84 Å². The van der Waals surface area contributed by atoms with Crippen LogP contribution < -0.4 is 4.74 Å². The number of methoxy groups -OCH3 is 1. The molecule has 3 heteroatoms. The third kappa shape index (κ3) is 3.49. The monoisotopic (exact) mass is 276 g/mol. The van der Waals surface area contributed by atoms with Gasteiger partial charge in [-0.05, 0) is 30.2 Å². The lowest BCUT2D eigenvalue weighted by atomic mass is 10.0. The Kier molecular flexibility index (Phi) is 4.46. The molecule has 1 atom stereocenters. The molecule has 0 saturated heterocycles. The quantitative estimate of drug-likeness (QED) is 0.917. The van der Waals surface area contributed by atoms with Crippen LogP contribution in [-0.2, 0) is 6.42 Å². The summed E-state index contributed by atoms with van der Waals surface area (Å²) in [5.74, 6) is 0.691. The molecule has 2 rings (SSSR count). The topological polar surface area (TPSA) is 29.5 Å². The maximum absolute atomic E-state index is 10.3. The highest BCUT2D eigenvalue weighted by molar-refractivity contribution is 6.31. The predicted molar refractivity (Wildman–Crippen MR) is 77.8 cm³/mol. The van der Waals surface area contributed by atoms with Crippen molar-refractivity contribution in [1.29, 1.82) is 0 Å². The molecule has 1 N–H and O–H groups in total. The Bertz CT molecular complexity index is 549. The molecular weight excluding hydrogens is 260 g/mol. The molecule has 2 nitrogen and oxygen atoms in total. The normalized spacial score (nSPS) is 12.2.